The molecule has 6 heteroatoms. The third-order valence-corrected chi connectivity index (χ3v) is 4.69. The lowest BCUT2D eigenvalue weighted by molar-refractivity contribution is -0.158. The van der Waals surface area contributed by atoms with Gasteiger partial charge in [-0.1, -0.05) is 12.2 Å². The summed E-state index contributed by atoms with van der Waals surface area (Å²) in [7, 11) is 1.33. The SMILES string of the molecule is CCOC(=O)N[C@]1(C(=O)OC)CC[C@@H]2C[C@@H]3C=C[C@]21O3. The number of esters is 1. The lowest BCUT2D eigenvalue weighted by Gasteiger charge is -2.39. The van der Waals surface area contributed by atoms with Crippen LogP contribution < -0.4 is 5.32 Å². The number of carbonyl (C=O) groups excluding carboxylic acids is 2. The van der Waals surface area contributed by atoms with Gasteiger partial charge in [-0.3, -0.25) is 0 Å². The van der Waals surface area contributed by atoms with E-state index in [9.17, 15) is 9.59 Å². The molecule has 2 fully saturated rings. The van der Waals surface area contributed by atoms with E-state index in [0.717, 1.165) is 12.8 Å². The summed E-state index contributed by atoms with van der Waals surface area (Å²) in [5, 5.41) is 2.72. The number of carbonyl (C=O) groups is 2. The number of hydrogen-bond acceptors (Lipinski definition) is 5. The second kappa shape index (κ2) is 4.48. The van der Waals surface area contributed by atoms with Crippen LogP contribution in [-0.2, 0) is 19.0 Å². The molecule has 2 aliphatic heterocycles. The van der Waals surface area contributed by atoms with Crippen LogP contribution in [0.5, 0.6) is 0 Å². The van der Waals surface area contributed by atoms with E-state index in [-0.39, 0.29) is 18.6 Å². The van der Waals surface area contributed by atoms with Crippen molar-refractivity contribution in [3.05, 3.63) is 12.2 Å². The van der Waals surface area contributed by atoms with E-state index < -0.39 is 23.2 Å². The third kappa shape index (κ3) is 1.54. The van der Waals surface area contributed by atoms with Gasteiger partial charge in [-0.05, 0) is 32.1 Å². The molecule has 3 aliphatic rings. The maximum Gasteiger partial charge on any atom is 0.408 e. The predicted molar refractivity (Wildman–Crippen MR) is 69.0 cm³/mol. The summed E-state index contributed by atoms with van der Waals surface area (Å²) < 4.78 is 15.9. The minimum Gasteiger partial charge on any atom is -0.467 e. The first-order chi connectivity index (χ1) is 9.58. The van der Waals surface area contributed by atoms with Crippen molar-refractivity contribution in [2.24, 2.45) is 5.92 Å². The average molecular weight is 281 g/mol. The van der Waals surface area contributed by atoms with E-state index in [1.165, 1.54) is 7.11 Å². The third-order valence-electron chi connectivity index (χ3n) is 4.69. The van der Waals surface area contributed by atoms with E-state index in [1.54, 1.807) is 6.92 Å². The molecule has 1 amide bonds. The highest BCUT2D eigenvalue weighted by molar-refractivity contribution is 5.89. The number of ether oxygens (including phenoxy) is 3. The van der Waals surface area contributed by atoms with Crippen LogP contribution in [0.25, 0.3) is 0 Å². The molecular weight excluding hydrogens is 262 g/mol. The Morgan fingerprint density at radius 2 is 2.30 bits per heavy atom. The molecule has 0 radical (unpaired) electrons. The molecule has 1 saturated heterocycles. The van der Waals surface area contributed by atoms with Crippen LogP contribution in [0.1, 0.15) is 26.2 Å². The van der Waals surface area contributed by atoms with Crippen LogP contribution in [0.2, 0.25) is 0 Å². The van der Waals surface area contributed by atoms with Crippen LogP contribution >= 0.6 is 0 Å². The second-order valence-electron chi connectivity index (χ2n) is 5.52. The summed E-state index contributed by atoms with van der Waals surface area (Å²) in [6.07, 6.45) is 5.52. The van der Waals surface area contributed by atoms with Gasteiger partial charge in [-0.15, -0.1) is 0 Å². The first kappa shape index (κ1) is 13.4. The number of nitrogens with one attached hydrogen (secondary N) is 1. The fraction of sp³-hybridized carbons (Fsp3) is 0.714. The Morgan fingerprint density at radius 3 is 2.95 bits per heavy atom. The number of rotatable bonds is 3. The summed E-state index contributed by atoms with van der Waals surface area (Å²) in [6, 6.07) is 0. The number of alkyl carbamates (subject to hydrolysis) is 1. The zero-order valence-electron chi connectivity index (χ0n) is 11.7. The highest BCUT2D eigenvalue weighted by Crippen LogP contribution is 2.57. The number of hydrogen-bond donors (Lipinski definition) is 1. The summed E-state index contributed by atoms with van der Waals surface area (Å²) in [5.41, 5.74) is -1.96. The molecule has 2 heterocycles. The van der Waals surface area contributed by atoms with Crippen LogP contribution in [0.4, 0.5) is 4.79 Å². The van der Waals surface area contributed by atoms with Gasteiger partial charge < -0.3 is 19.5 Å². The monoisotopic (exact) mass is 281 g/mol. The van der Waals surface area contributed by atoms with E-state index in [0.29, 0.717) is 6.42 Å². The van der Waals surface area contributed by atoms with E-state index in [1.807, 2.05) is 12.2 Å². The molecule has 3 rings (SSSR count). The molecule has 20 heavy (non-hydrogen) atoms. The minimum absolute atomic E-state index is 0.0355. The van der Waals surface area contributed by atoms with Gasteiger partial charge in [0, 0.05) is 0 Å². The Kier molecular flexibility index (Phi) is 3.01. The van der Waals surface area contributed by atoms with Gasteiger partial charge in [0.05, 0.1) is 19.8 Å². The Morgan fingerprint density at radius 1 is 1.50 bits per heavy atom. The summed E-state index contributed by atoms with van der Waals surface area (Å²) >= 11 is 0. The molecular formula is C14H19NO5. The largest absolute Gasteiger partial charge is 0.467 e. The van der Waals surface area contributed by atoms with Crippen molar-refractivity contribution in [2.45, 2.75) is 43.4 Å². The summed E-state index contributed by atoms with van der Waals surface area (Å²) in [4.78, 5) is 24.3. The van der Waals surface area contributed by atoms with Crippen LogP contribution in [0.3, 0.4) is 0 Å². The quantitative estimate of drug-likeness (QED) is 0.620. The van der Waals surface area contributed by atoms with Crippen LogP contribution in [0, 0.1) is 5.92 Å². The van der Waals surface area contributed by atoms with Gasteiger partial charge in [0.1, 0.15) is 5.60 Å². The molecule has 110 valence electrons. The summed E-state index contributed by atoms with van der Waals surface area (Å²) in [6.45, 7) is 1.97. The Bertz CT molecular complexity index is 476. The lowest BCUT2D eigenvalue weighted by Crippen LogP contribution is -2.66. The van der Waals surface area contributed by atoms with Crippen molar-refractivity contribution in [1.29, 1.82) is 0 Å². The van der Waals surface area contributed by atoms with Gasteiger partial charge in [0.25, 0.3) is 0 Å². The average Bonchev–Trinajstić information content (AvgIpc) is 3.09. The highest BCUT2D eigenvalue weighted by atomic mass is 16.6. The normalized spacial score (nSPS) is 40.5. The van der Waals surface area contributed by atoms with Gasteiger partial charge in [-0.2, -0.15) is 0 Å². The second-order valence-corrected chi connectivity index (χ2v) is 5.52. The van der Waals surface area contributed by atoms with Gasteiger partial charge in [0.2, 0.25) is 0 Å². The standard InChI is InChI=1S/C14H19NO5/c1-3-19-12(17)15-13(11(16)18-2)6-4-9-8-10-5-7-14(9,13)20-10/h5,7,9-10H,3-4,6,8H2,1-2H3,(H,15,17)/t9-,10+,13+,14+/m1/s1. The molecule has 4 atom stereocenters. The van der Waals surface area contributed by atoms with Crippen molar-refractivity contribution in [3.8, 4) is 0 Å². The molecule has 1 aliphatic carbocycles. The number of amides is 1. The van der Waals surface area contributed by atoms with Crippen molar-refractivity contribution in [3.63, 3.8) is 0 Å². The molecule has 0 unspecified atom stereocenters. The molecule has 1 spiro atoms. The topological polar surface area (TPSA) is 73.9 Å². The van der Waals surface area contributed by atoms with Crippen LogP contribution in [-0.4, -0.2) is 43.0 Å². The lowest BCUT2D eigenvalue weighted by atomic mass is 9.76. The number of fused-ring (bicyclic) bond motifs is 1. The minimum atomic E-state index is -1.18. The molecule has 6 nitrogen and oxygen atoms in total. The molecule has 0 aromatic carbocycles. The Balaban J connectivity index is 1.97. The smallest absolute Gasteiger partial charge is 0.408 e. The van der Waals surface area contributed by atoms with Crippen molar-refractivity contribution in [1.82, 2.24) is 5.32 Å². The molecule has 0 aromatic rings. The zero-order valence-corrected chi connectivity index (χ0v) is 11.7. The van der Waals surface area contributed by atoms with E-state index >= 15 is 0 Å². The fourth-order valence-electron chi connectivity index (χ4n) is 3.89. The first-order valence-corrected chi connectivity index (χ1v) is 6.98. The molecule has 1 N–H and O–H groups in total. The summed E-state index contributed by atoms with van der Waals surface area (Å²) in [5.74, 6) is -0.237. The van der Waals surface area contributed by atoms with Crippen LogP contribution in [0.15, 0.2) is 12.2 Å². The van der Waals surface area contributed by atoms with Crippen molar-refractivity contribution < 1.29 is 23.8 Å². The maximum absolute atomic E-state index is 12.4. The fourth-order valence-corrected chi connectivity index (χ4v) is 3.89. The Labute approximate surface area is 117 Å². The molecule has 1 saturated carbocycles. The zero-order chi connectivity index (χ0) is 14.4. The molecule has 0 aromatic heterocycles. The van der Waals surface area contributed by atoms with E-state index in [2.05, 4.69) is 5.32 Å². The Hall–Kier alpha value is -1.56. The first-order valence-electron chi connectivity index (χ1n) is 6.98. The number of methoxy groups -OCH3 is 1. The predicted octanol–water partition coefficient (Wildman–Crippen LogP) is 1.15. The van der Waals surface area contributed by atoms with Crippen molar-refractivity contribution >= 4 is 12.1 Å². The van der Waals surface area contributed by atoms with Gasteiger partial charge in [0.15, 0.2) is 5.54 Å². The van der Waals surface area contributed by atoms with Gasteiger partial charge in [-0.25, -0.2) is 9.59 Å². The van der Waals surface area contributed by atoms with Crippen molar-refractivity contribution in [2.75, 3.05) is 13.7 Å². The maximum atomic E-state index is 12.4. The van der Waals surface area contributed by atoms with Gasteiger partial charge >= 0.3 is 12.1 Å². The molecule has 2 bridgehead atoms. The highest BCUT2D eigenvalue weighted by Gasteiger charge is 2.70. The van der Waals surface area contributed by atoms with E-state index in [4.69, 9.17) is 14.2 Å².